The molecule has 0 radical (unpaired) electrons. The van der Waals surface area contributed by atoms with Gasteiger partial charge in [0, 0.05) is 68.2 Å². The van der Waals surface area contributed by atoms with Crippen LogP contribution in [0.1, 0.15) is 73.4 Å². The predicted molar refractivity (Wildman–Crippen MR) is 151 cm³/mol. The number of aromatic nitrogens is 4. The average molecular weight is 531 g/mol. The Labute approximate surface area is 231 Å². The molecule has 2 aliphatic heterocycles. The molecule has 8 heteroatoms. The number of nitrogens with zero attached hydrogens (tertiary/aromatic N) is 4. The lowest BCUT2D eigenvalue weighted by Gasteiger charge is -2.43. The maximum absolute atomic E-state index is 13.4. The molecule has 3 aromatic rings. The van der Waals surface area contributed by atoms with Crippen LogP contribution in [0.25, 0.3) is 0 Å². The van der Waals surface area contributed by atoms with Gasteiger partial charge in [0.1, 0.15) is 17.4 Å². The second-order valence-electron chi connectivity index (χ2n) is 12.0. The van der Waals surface area contributed by atoms with E-state index < -0.39 is 0 Å². The maximum atomic E-state index is 13.4. The van der Waals surface area contributed by atoms with E-state index in [0.29, 0.717) is 12.0 Å². The molecule has 1 spiro atoms. The predicted octanol–water partition coefficient (Wildman–Crippen LogP) is 4.87. The second kappa shape index (κ2) is 11.9. The van der Waals surface area contributed by atoms with Gasteiger partial charge in [-0.15, -0.1) is 0 Å². The number of hydrogen-bond donors (Lipinski definition) is 2. The van der Waals surface area contributed by atoms with Gasteiger partial charge in [0.05, 0.1) is 6.61 Å². The fourth-order valence-electron chi connectivity index (χ4n) is 6.97. The van der Waals surface area contributed by atoms with Crippen LogP contribution < -0.4 is 4.74 Å². The van der Waals surface area contributed by atoms with E-state index in [1.165, 1.54) is 58.0 Å². The maximum Gasteiger partial charge on any atom is 0.253 e. The third kappa shape index (κ3) is 6.38. The van der Waals surface area contributed by atoms with Gasteiger partial charge in [-0.3, -0.25) is 4.79 Å². The van der Waals surface area contributed by atoms with E-state index >= 15 is 0 Å². The van der Waals surface area contributed by atoms with Crippen LogP contribution in [-0.2, 0) is 12.8 Å². The van der Waals surface area contributed by atoms with E-state index in [4.69, 9.17) is 4.74 Å². The molecule has 2 N–H and O–H groups in total. The Bertz CT molecular complexity index is 1130. The number of piperidine rings is 1. The summed E-state index contributed by atoms with van der Waals surface area (Å²) in [5.74, 6) is 3.04. The molecule has 2 aromatic heterocycles. The molecule has 1 saturated carbocycles. The van der Waals surface area contributed by atoms with Crippen molar-refractivity contribution in [2.24, 2.45) is 11.3 Å². The summed E-state index contributed by atoms with van der Waals surface area (Å²) in [6.45, 7) is 4.74. The summed E-state index contributed by atoms with van der Waals surface area (Å²) in [4.78, 5) is 33.4. The normalized spacial score (nSPS) is 20.2. The number of hydrogen-bond acceptors (Lipinski definition) is 5. The van der Waals surface area contributed by atoms with Crippen molar-refractivity contribution in [1.82, 2.24) is 29.7 Å². The quantitative estimate of drug-likeness (QED) is 0.412. The molecule has 3 fully saturated rings. The first-order valence-electron chi connectivity index (χ1n) is 14.9. The van der Waals surface area contributed by atoms with Crippen molar-refractivity contribution in [2.75, 3.05) is 32.8 Å². The highest BCUT2D eigenvalue weighted by molar-refractivity contribution is 5.94. The number of benzene rings is 1. The van der Waals surface area contributed by atoms with Crippen LogP contribution in [0.15, 0.2) is 49.1 Å². The molecule has 0 unspecified atom stereocenters. The number of carbonyl (C=O) groups excluding carboxylic acids is 1. The van der Waals surface area contributed by atoms with Gasteiger partial charge in [-0.2, -0.15) is 0 Å². The largest absolute Gasteiger partial charge is 0.493 e. The lowest BCUT2D eigenvalue weighted by atomic mass is 9.77. The van der Waals surface area contributed by atoms with Crippen molar-refractivity contribution in [3.05, 3.63) is 66.3 Å². The number of imidazole rings is 2. The van der Waals surface area contributed by atoms with E-state index in [9.17, 15) is 4.79 Å². The molecular weight excluding hydrogens is 488 g/mol. The lowest BCUT2D eigenvalue weighted by molar-refractivity contribution is 0.0565. The Morgan fingerprint density at radius 1 is 0.923 bits per heavy atom. The van der Waals surface area contributed by atoms with Crippen LogP contribution in [-0.4, -0.2) is 74.5 Å². The van der Waals surface area contributed by atoms with E-state index in [1.54, 1.807) is 12.4 Å². The highest BCUT2D eigenvalue weighted by Crippen LogP contribution is 2.42. The summed E-state index contributed by atoms with van der Waals surface area (Å²) in [7, 11) is 0. The summed E-state index contributed by atoms with van der Waals surface area (Å²) < 4.78 is 6.16. The molecule has 3 aliphatic rings. The Hall–Kier alpha value is -3.13. The van der Waals surface area contributed by atoms with Gasteiger partial charge in [-0.05, 0) is 74.9 Å². The third-order valence-corrected chi connectivity index (χ3v) is 9.34. The molecule has 4 heterocycles. The number of amides is 1. The summed E-state index contributed by atoms with van der Waals surface area (Å²) in [5.41, 5.74) is 1.07. The van der Waals surface area contributed by atoms with Crippen molar-refractivity contribution in [3.8, 4) is 5.75 Å². The van der Waals surface area contributed by atoms with Crippen LogP contribution in [0.4, 0.5) is 0 Å². The summed E-state index contributed by atoms with van der Waals surface area (Å²) in [6.07, 6.45) is 19.4. The average Bonchev–Trinajstić information content (AvgIpc) is 3.77. The van der Waals surface area contributed by atoms with Crippen LogP contribution in [0.2, 0.25) is 0 Å². The van der Waals surface area contributed by atoms with Crippen molar-refractivity contribution >= 4 is 5.91 Å². The first kappa shape index (κ1) is 26.1. The Morgan fingerprint density at radius 3 is 2.18 bits per heavy atom. The molecule has 1 amide bonds. The zero-order valence-electron chi connectivity index (χ0n) is 23.0. The molecule has 8 nitrogen and oxygen atoms in total. The van der Waals surface area contributed by atoms with Gasteiger partial charge in [0.15, 0.2) is 0 Å². The lowest BCUT2D eigenvalue weighted by Crippen LogP contribution is -2.47. The van der Waals surface area contributed by atoms with Crippen LogP contribution in [0.3, 0.4) is 0 Å². The Kier molecular flexibility index (Phi) is 8.00. The first-order chi connectivity index (χ1) is 19.2. The molecular formula is C31H42N6O2. The van der Waals surface area contributed by atoms with Gasteiger partial charge >= 0.3 is 0 Å². The molecule has 1 aromatic carbocycles. The topological polar surface area (TPSA) is 90.1 Å². The molecule has 208 valence electrons. The SMILES string of the molecule is O=C(c1ccc(OCC(Cc2ncc[nH]2)Cc2ncc[nH]2)cc1)N1CCC2(CCN(C3CCCCC3)CC2)C1. The minimum absolute atomic E-state index is 0.154. The van der Waals surface area contributed by atoms with Gasteiger partial charge < -0.3 is 24.5 Å². The number of carbonyl (C=O) groups is 1. The highest BCUT2D eigenvalue weighted by Gasteiger charge is 2.43. The fourth-order valence-corrected chi connectivity index (χ4v) is 6.97. The van der Waals surface area contributed by atoms with Crippen molar-refractivity contribution in [1.29, 1.82) is 0 Å². The number of ether oxygens (including phenoxy) is 1. The molecule has 6 rings (SSSR count). The van der Waals surface area contributed by atoms with Crippen LogP contribution in [0, 0.1) is 11.3 Å². The van der Waals surface area contributed by atoms with Crippen molar-refractivity contribution in [3.63, 3.8) is 0 Å². The summed E-state index contributed by atoms with van der Waals surface area (Å²) in [5, 5.41) is 0. The molecule has 0 atom stereocenters. The monoisotopic (exact) mass is 530 g/mol. The zero-order chi connectivity index (χ0) is 26.5. The van der Waals surface area contributed by atoms with E-state index in [-0.39, 0.29) is 11.8 Å². The van der Waals surface area contributed by atoms with Gasteiger partial charge in [0.25, 0.3) is 5.91 Å². The Balaban J connectivity index is 1.01. The Morgan fingerprint density at radius 2 is 1.56 bits per heavy atom. The minimum Gasteiger partial charge on any atom is -0.493 e. The summed E-state index contributed by atoms with van der Waals surface area (Å²) in [6, 6.07) is 8.50. The van der Waals surface area contributed by atoms with Crippen molar-refractivity contribution in [2.45, 2.75) is 70.3 Å². The van der Waals surface area contributed by atoms with Crippen LogP contribution in [0.5, 0.6) is 5.75 Å². The second-order valence-corrected chi connectivity index (χ2v) is 12.0. The van der Waals surface area contributed by atoms with Gasteiger partial charge in [-0.1, -0.05) is 19.3 Å². The number of likely N-dealkylation sites (tertiary alicyclic amines) is 2. The number of nitrogens with one attached hydrogen (secondary N) is 2. The molecule has 39 heavy (non-hydrogen) atoms. The van der Waals surface area contributed by atoms with Gasteiger partial charge in [0.2, 0.25) is 0 Å². The molecule has 1 aliphatic carbocycles. The molecule has 0 bridgehead atoms. The van der Waals surface area contributed by atoms with Gasteiger partial charge in [-0.25, -0.2) is 9.97 Å². The number of rotatable bonds is 9. The number of H-pyrrole nitrogens is 2. The van der Waals surface area contributed by atoms with E-state index in [1.807, 2.05) is 36.7 Å². The summed E-state index contributed by atoms with van der Waals surface area (Å²) >= 11 is 0. The van der Waals surface area contributed by atoms with Crippen molar-refractivity contribution < 1.29 is 9.53 Å². The minimum atomic E-state index is 0.154. The number of aromatic amines is 2. The van der Waals surface area contributed by atoms with Crippen LogP contribution >= 0.6 is 0 Å². The zero-order valence-corrected chi connectivity index (χ0v) is 23.0. The first-order valence-corrected chi connectivity index (χ1v) is 14.9. The van der Waals surface area contributed by atoms with E-state index in [2.05, 4.69) is 29.7 Å². The molecule has 2 saturated heterocycles. The smallest absolute Gasteiger partial charge is 0.253 e. The fraction of sp³-hybridized carbons (Fsp3) is 0.581. The highest BCUT2D eigenvalue weighted by atomic mass is 16.5. The third-order valence-electron chi connectivity index (χ3n) is 9.34. The van der Waals surface area contributed by atoms with E-state index in [0.717, 1.165) is 61.4 Å². The standard InChI is InChI=1S/C31H42N6O2/c38-30(37-19-12-31(23-37)10-17-36(18-11-31)26-4-2-1-3-5-26)25-6-8-27(9-7-25)39-22-24(20-28-32-13-14-33-28)21-29-34-15-16-35-29/h6-9,13-16,24,26H,1-5,10-12,17-23H2,(H,32,33)(H,34,35).